The Morgan fingerprint density at radius 2 is 2.36 bits per heavy atom. The molecule has 0 spiro atoms. The van der Waals surface area contributed by atoms with Crippen molar-refractivity contribution in [3.63, 3.8) is 0 Å². The van der Waals surface area contributed by atoms with Crippen molar-refractivity contribution in [2.45, 2.75) is 6.54 Å². The third-order valence-electron chi connectivity index (χ3n) is 1.03. The van der Waals surface area contributed by atoms with Gasteiger partial charge < -0.3 is 5.32 Å². The molecule has 0 unspecified atom stereocenters. The van der Waals surface area contributed by atoms with E-state index in [0.29, 0.717) is 6.54 Å². The van der Waals surface area contributed by atoms with E-state index in [1.54, 1.807) is 11.3 Å². The van der Waals surface area contributed by atoms with E-state index in [0.717, 1.165) is 8.66 Å². The Morgan fingerprint density at radius 1 is 1.64 bits per heavy atom. The van der Waals surface area contributed by atoms with E-state index in [9.17, 15) is 4.79 Å². The van der Waals surface area contributed by atoms with Gasteiger partial charge in [-0.3, -0.25) is 4.79 Å². The van der Waals surface area contributed by atoms with E-state index >= 15 is 0 Å². The largest absolute Gasteiger partial charge is 0.342 e. The molecule has 1 rings (SSSR count). The molecule has 0 saturated heterocycles. The second-order valence-electron chi connectivity index (χ2n) is 1.83. The van der Waals surface area contributed by atoms with Gasteiger partial charge in [-0.05, 0) is 28.1 Å². The zero-order valence-electron chi connectivity index (χ0n) is 5.43. The fourth-order valence-electron chi connectivity index (χ4n) is 0.603. The van der Waals surface area contributed by atoms with E-state index in [1.807, 2.05) is 12.1 Å². The van der Waals surface area contributed by atoms with E-state index in [2.05, 4.69) is 37.2 Å². The molecule has 0 aliphatic rings. The van der Waals surface area contributed by atoms with Gasteiger partial charge in [0.05, 0.1) is 10.3 Å². The number of carbonyl (C=O) groups is 1. The quantitative estimate of drug-likeness (QED) is 0.660. The van der Waals surface area contributed by atoms with Gasteiger partial charge in [0.1, 0.15) is 0 Å². The van der Waals surface area contributed by atoms with Crippen LogP contribution in [0.15, 0.2) is 15.9 Å². The van der Waals surface area contributed by atoms with Gasteiger partial charge in [0.2, 0.25) is 0 Å². The summed E-state index contributed by atoms with van der Waals surface area (Å²) in [6.07, 6.45) is 0. The van der Waals surface area contributed by atoms with Gasteiger partial charge in [-0.2, -0.15) is 0 Å². The zero-order chi connectivity index (χ0) is 8.27. The van der Waals surface area contributed by atoms with Crippen LogP contribution in [0.3, 0.4) is 0 Å². The maximum atomic E-state index is 10.4. The average Bonchev–Trinajstić information content (AvgIpc) is 2.31. The van der Waals surface area contributed by atoms with Crippen LogP contribution in [0.25, 0.3) is 0 Å². The number of halogens is 2. The second-order valence-corrected chi connectivity index (χ2v) is 5.10. The molecular formula is C6H5Br2NOS. The smallest absolute Gasteiger partial charge is 0.287 e. The van der Waals surface area contributed by atoms with Crippen LogP contribution in [0.4, 0.5) is 4.79 Å². The van der Waals surface area contributed by atoms with Crippen molar-refractivity contribution in [1.29, 1.82) is 0 Å². The van der Waals surface area contributed by atoms with Crippen molar-refractivity contribution >= 4 is 48.0 Å². The first kappa shape index (κ1) is 9.22. The van der Waals surface area contributed by atoms with Crippen LogP contribution >= 0.6 is 43.2 Å². The minimum absolute atomic E-state index is 0.179. The highest BCUT2D eigenvalue weighted by Gasteiger charge is 1.98. The Hall–Kier alpha value is 0.130. The summed E-state index contributed by atoms with van der Waals surface area (Å²) in [6, 6.07) is 3.93. The molecule has 5 heteroatoms. The molecule has 0 radical (unpaired) electrons. The first-order valence-electron chi connectivity index (χ1n) is 2.86. The van der Waals surface area contributed by atoms with Crippen molar-refractivity contribution in [3.05, 3.63) is 20.8 Å². The Kier molecular flexibility index (Phi) is 3.54. The minimum Gasteiger partial charge on any atom is -0.342 e. The highest BCUT2D eigenvalue weighted by molar-refractivity contribution is 9.18. The van der Waals surface area contributed by atoms with E-state index < -0.39 is 0 Å². The Labute approximate surface area is 85.2 Å². The van der Waals surface area contributed by atoms with Gasteiger partial charge in [-0.15, -0.1) is 11.3 Å². The van der Waals surface area contributed by atoms with Crippen LogP contribution in [-0.2, 0) is 6.54 Å². The standard InChI is InChI=1S/C6H5Br2NOS/c7-5-2-1-4(11-5)3-9-6(8)10/h1-2H,3H2,(H,9,10). The van der Waals surface area contributed by atoms with E-state index in [-0.39, 0.29) is 4.82 Å². The molecule has 1 aromatic rings. The molecule has 0 bridgehead atoms. The molecule has 1 N–H and O–H groups in total. The number of rotatable bonds is 2. The fourth-order valence-corrected chi connectivity index (χ4v) is 2.17. The number of thiophene rings is 1. The molecule has 1 amide bonds. The van der Waals surface area contributed by atoms with Crippen LogP contribution in [-0.4, -0.2) is 4.82 Å². The van der Waals surface area contributed by atoms with Gasteiger partial charge in [0.25, 0.3) is 4.82 Å². The number of hydrogen-bond donors (Lipinski definition) is 1. The summed E-state index contributed by atoms with van der Waals surface area (Å²) in [7, 11) is 0. The summed E-state index contributed by atoms with van der Waals surface area (Å²) in [5.41, 5.74) is 0. The SMILES string of the molecule is O=C(Br)NCc1ccc(Br)s1. The molecule has 60 valence electrons. The van der Waals surface area contributed by atoms with Crippen LogP contribution in [0, 0.1) is 0 Å². The Balaban J connectivity index is 2.45. The topological polar surface area (TPSA) is 29.1 Å². The number of nitrogens with one attached hydrogen (secondary N) is 1. The third-order valence-corrected chi connectivity index (χ3v) is 2.93. The molecule has 0 fully saturated rings. The average molecular weight is 299 g/mol. The lowest BCUT2D eigenvalue weighted by atomic mass is 10.5. The monoisotopic (exact) mass is 297 g/mol. The molecule has 2 nitrogen and oxygen atoms in total. The maximum Gasteiger partial charge on any atom is 0.287 e. The summed E-state index contributed by atoms with van der Waals surface area (Å²) in [4.78, 5) is 11.4. The summed E-state index contributed by atoms with van der Waals surface area (Å²) < 4.78 is 1.08. The van der Waals surface area contributed by atoms with Crippen molar-refractivity contribution < 1.29 is 4.79 Å². The van der Waals surface area contributed by atoms with Crippen LogP contribution < -0.4 is 5.32 Å². The van der Waals surface area contributed by atoms with Crippen LogP contribution in [0.2, 0.25) is 0 Å². The number of hydrogen-bond acceptors (Lipinski definition) is 2. The van der Waals surface area contributed by atoms with E-state index in [4.69, 9.17) is 0 Å². The maximum absolute atomic E-state index is 10.4. The van der Waals surface area contributed by atoms with Gasteiger partial charge >= 0.3 is 0 Å². The lowest BCUT2D eigenvalue weighted by molar-refractivity contribution is 0.261. The minimum atomic E-state index is -0.179. The summed E-state index contributed by atoms with van der Waals surface area (Å²) in [5.74, 6) is 0. The van der Waals surface area contributed by atoms with Crippen molar-refractivity contribution in [2.75, 3.05) is 0 Å². The van der Waals surface area contributed by atoms with Gasteiger partial charge in [-0.25, -0.2) is 0 Å². The molecule has 0 aliphatic heterocycles. The zero-order valence-corrected chi connectivity index (χ0v) is 9.42. The normalized spacial score (nSPS) is 9.64. The predicted molar refractivity (Wildman–Crippen MR) is 53.2 cm³/mol. The predicted octanol–water partition coefficient (Wildman–Crippen LogP) is 3.12. The molecule has 0 atom stereocenters. The Morgan fingerprint density at radius 3 is 2.82 bits per heavy atom. The molecule has 0 aromatic carbocycles. The van der Waals surface area contributed by atoms with Crippen molar-refractivity contribution in [2.24, 2.45) is 0 Å². The fraction of sp³-hybridized carbons (Fsp3) is 0.167. The molecule has 11 heavy (non-hydrogen) atoms. The van der Waals surface area contributed by atoms with Crippen molar-refractivity contribution in [3.8, 4) is 0 Å². The van der Waals surface area contributed by atoms with Gasteiger partial charge in [0, 0.05) is 20.8 Å². The highest BCUT2D eigenvalue weighted by Crippen LogP contribution is 2.21. The molecule has 1 heterocycles. The molecular weight excluding hydrogens is 294 g/mol. The van der Waals surface area contributed by atoms with Crippen molar-refractivity contribution in [1.82, 2.24) is 5.32 Å². The molecule has 0 saturated carbocycles. The second kappa shape index (κ2) is 4.23. The lowest BCUT2D eigenvalue weighted by Gasteiger charge is -1.94. The number of amides is 1. The lowest BCUT2D eigenvalue weighted by Crippen LogP contribution is -2.13. The number of carbonyl (C=O) groups excluding carboxylic acids is 1. The van der Waals surface area contributed by atoms with Crippen LogP contribution in [0.1, 0.15) is 4.88 Å². The summed E-state index contributed by atoms with van der Waals surface area (Å²) in [6.45, 7) is 0.584. The first-order chi connectivity index (χ1) is 5.18. The molecule has 1 aromatic heterocycles. The van der Waals surface area contributed by atoms with E-state index in [1.165, 1.54) is 0 Å². The third kappa shape index (κ3) is 3.35. The molecule has 0 aliphatic carbocycles. The Bertz CT molecular complexity index is 261. The summed E-state index contributed by atoms with van der Waals surface area (Å²) >= 11 is 7.73. The van der Waals surface area contributed by atoms with Gasteiger partial charge in [-0.1, -0.05) is 0 Å². The summed E-state index contributed by atoms with van der Waals surface area (Å²) in [5, 5.41) is 2.64. The highest BCUT2D eigenvalue weighted by atomic mass is 79.9. The van der Waals surface area contributed by atoms with Gasteiger partial charge in [0.15, 0.2) is 0 Å². The first-order valence-corrected chi connectivity index (χ1v) is 5.26. The van der Waals surface area contributed by atoms with Crippen LogP contribution in [0.5, 0.6) is 0 Å².